The summed E-state index contributed by atoms with van der Waals surface area (Å²) in [7, 11) is 1.72. The van der Waals surface area contributed by atoms with Gasteiger partial charge >= 0.3 is 0 Å². The van der Waals surface area contributed by atoms with Crippen LogP contribution in [0.2, 0.25) is 0 Å². The maximum Gasteiger partial charge on any atom is 0.133 e. The first-order chi connectivity index (χ1) is 37.3. The molecular formula is C64H108F5NO7. The summed E-state index contributed by atoms with van der Waals surface area (Å²) in [5, 5.41) is 8.93. The van der Waals surface area contributed by atoms with Gasteiger partial charge in [-0.25, -0.2) is 0 Å². The number of halogens is 5. The maximum absolute atomic E-state index is 12.0. The standard InChI is InChI=1S/C15H27FO.C14H23FO2.C12H18FNO.C12H21FO2.C11H19FO/c1-2-6-13-7-3-4-8-14(13)10-11-15(17)9-5-12-16;1-11(16)9-12-5-2-3-6-13(12)10-14(17)7-4-8-15;13-7-3-6-12(15)8-10-4-1-2-5-11(10)9-14;1-15-12-7-3-2-5-10(12)9-11(14)6-4-8-13;12-8-4-7-11(13)9-10-5-2-1-3-6-10/h13-14H,2-12H2,1H3;12-13H,2-10H2,1H3;10-11H,1-8H2;10,12H,2-9H2,1H3;10H,1-9H2. The van der Waals surface area contributed by atoms with Gasteiger partial charge in [-0.05, 0) is 125 Å². The molecule has 8 unspecified atom stereocenters. The summed E-state index contributed by atoms with van der Waals surface area (Å²) in [6, 6.07) is 2.29. The maximum atomic E-state index is 12.0. The van der Waals surface area contributed by atoms with Crippen LogP contribution in [0.3, 0.4) is 0 Å². The van der Waals surface area contributed by atoms with E-state index in [1.54, 1.807) is 14.0 Å². The number of rotatable bonds is 31. The molecule has 8 nitrogen and oxygen atoms in total. The second-order valence-corrected chi connectivity index (χ2v) is 23.4. The van der Waals surface area contributed by atoms with E-state index in [1.165, 1.54) is 89.9 Å². The Morgan fingerprint density at radius 2 is 0.779 bits per heavy atom. The Hall–Kier alpha value is -2.88. The zero-order chi connectivity index (χ0) is 56.9. The van der Waals surface area contributed by atoms with Crippen molar-refractivity contribution in [1.29, 1.82) is 5.26 Å². The van der Waals surface area contributed by atoms with Crippen LogP contribution in [0.5, 0.6) is 0 Å². The van der Waals surface area contributed by atoms with E-state index in [1.807, 2.05) is 0 Å². The van der Waals surface area contributed by atoms with Crippen molar-refractivity contribution in [3.05, 3.63) is 0 Å². The number of ketones is 6. The molecule has 0 amide bonds. The highest BCUT2D eigenvalue weighted by molar-refractivity contribution is 5.80. The van der Waals surface area contributed by atoms with Gasteiger partial charge in [0, 0.05) is 83.7 Å². The first kappa shape index (κ1) is 72.1. The van der Waals surface area contributed by atoms with E-state index in [0.717, 1.165) is 76.0 Å². The van der Waals surface area contributed by atoms with Crippen LogP contribution in [0.25, 0.3) is 0 Å². The van der Waals surface area contributed by atoms with Crippen LogP contribution < -0.4 is 0 Å². The topological polar surface area (TPSA) is 135 Å². The van der Waals surface area contributed by atoms with Crippen LogP contribution >= 0.6 is 0 Å². The Kier molecular flexibility index (Phi) is 44.9. The van der Waals surface area contributed by atoms with Gasteiger partial charge in [0.05, 0.1) is 45.5 Å². The van der Waals surface area contributed by atoms with Gasteiger partial charge in [-0.1, -0.05) is 116 Å². The van der Waals surface area contributed by atoms with Crippen molar-refractivity contribution in [2.45, 2.75) is 277 Å². The van der Waals surface area contributed by atoms with Crippen molar-refractivity contribution in [3.8, 4) is 6.07 Å². The molecule has 0 N–H and O–H groups in total. The van der Waals surface area contributed by atoms with Crippen molar-refractivity contribution in [2.24, 2.45) is 47.3 Å². The minimum Gasteiger partial charge on any atom is -0.381 e. The number of ether oxygens (including phenoxy) is 1. The third-order valence-corrected chi connectivity index (χ3v) is 17.0. The lowest BCUT2D eigenvalue weighted by Gasteiger charge is -2.31. The summed E-state index contributed by atoms with van der Waals surface area (Å²) in [5.41, 5.74) is 0. The molecule has 0 aromatic heterocycles. The third-order valence-electron chi connectivity index (χ3n) is 17.0. The molecule has 0 bridgehead atoms. The molecule has 5 saturated carbocycles. The lowest BCUT2D eigenvalue weighted by Crippen LogP contribution is -2.28. The zero-order valence-electron chi connectivity index (χ0n) is 48.7. The molecule has 0 aliphatic heterocycles. The van der Waals surface area contributed by atoms with Gasteiger partial charge < -0.3 is 9.53 Å². The van der Waals surface area contributed by atoms with Crippen LogP contribution in [-0.2, 0) is 33.5 Å². The molecule has 0 radical (unpaired) electrons. The van der Waals surface area contributed by atoms with Crippen molar-refractivity contribution < 1.29 is 55.5 Å². The molecule has 13 heteroatoms. The minimum absolute atomic E-state index is 0.0491. The van der Waals surface area contributed by atoms with E-state index in [2.05, 4.69) is 13.0 Å². The SMILES string of the molecule is CC(=O)CC1CCCCC1CC(=O)CCCF.CCCC1CCCCC1CCC(=O)CCCF.COC1CCCCC1CC(=O)CCCF.N#CC1CCCCC1CC(=O)CCCF.O=C(CCCF)CC1CCCCC1. The number of alkyl halides is 5. The summed E-state index contributed by atoms with van der Waals surface area (Å²) in [4.78, 5) is 68.6. The van der Waals surface area contributed by atoms with Crippen molar-refractivity contribution in [3.63, 3.8) is 0 Å². The molecule has 0 saturated heterocycles. The third kappa shape index (κ3) is 36.2. The fourth-order valence-corrected chi connectivity index (χ4v) is 12.7. The Bertz CT molecular complexity index is 1600. The predicted octanol–water partition coefficient (Wildman–Crippen LogP) is 17.4. The second kappa shape index (κ2) is 47.9. The number of methoxy groups -OCH3 is 1. The second-order valence-electron chi connectivity index (χ2n) is 23.4. The highest BCUT2D eigenvalue weighted by Crippen LogP contribution is 2.38. The van der Waals surface area contributed by atoms with Crippen LogP contribution in [-0.4, -0.2) is 81.3 Å². The van der Waals surface area contributed by atoms with E-state index in [4.69, 9.17) is 10.00 Å². The number of carbonyl (C=O) groups excluding carboxylic acids is 6. The Morgan fingerprint density at radius 3 is 1.23 bits per heavy atom. The predicted molar refractivity (Wildman–Crippen MR) is 300 cm³/mol. The summed E-state index contributed by atoms with van der Waals surface area (Å²) in [6.45, 7) is 1.95. The summed E-state index contributed by atoms with van der Waals surface area (Å²) in [5.74, 6) is 4.87. The zero-order valence-corrected chi connectivity index (χ0v) is 48.7. The smallest absolute Gasteiger partial charge is 0.133 e. The van der Waals surface area contributed by atoms with E-state index in [-0.39, 0.29) is 72.7 Å². The van der Waals surface area contributed by atoms with Gasteiger partial charge in [-0.2, -0.15) is 5.26 Å². The number of carbonyl (C=O) groups is 6. The molecule has 5 fully saturated rings. The Morgan fingerprint density at radius 1 is 0.416 bits per heavy atom. The minimum atomic E-state index is -0.419. The molecule has 0 spiro atoms. The molecule has 77 heavy (non-hydrogen) atoms. The van der Waals surface area contributed by atoms with E-state index >= 15 is 0 Å². The Labute approximate surface area is 464 Å². The highest BCUT2D eigenvalue weighted by Gasteiger charge is 2.30. The number of nitrogens with zero attached hydrogens (tertiary/aromatic N) is 1. The van der Waals surface area contributed by atoms with E-state index in [0.29, 0.717) is 126 Å². The summed E-state index contributed by atoms with van der Waals surface area (Å²) >= 11 is 0. The first-order valence-electron chi connectivity index (χ1n) is 31.1. The van der Waals surface area contributed by atoms with Gasteiger partial charge in [0.25, 0.3) is 0 Å². The van der Waals surface area contributed by atoms with Crippen LogP contribution in [0, 0.1) is 58.7 Å². The molecule has 446 valence electrons. The number of hydrogen-bond acceptors (Lipinski definition) is 8. The average Bonchev–Trinajstić information content (AvgIpc) is 3.43. The van der Waals surface area contributed by atoms with Crippen LogP contribution in [0.15, 0.2) is 0 Å². The molecule has 0 heterocycles. The Balaban J connectivity index is 0.000000483. The van der Waals surface area contributed by atoms with Gasteiger partial charge in [0.15, 0.2) is 0 Å². The molecule has 8 atom stereocenters. The molecule has 0 aromatic carbocycles. The monoisotopic (exact) mass is 1100 g/mol. The number of hydrogen-bond donors (Lipinski definition) is 0. The summed E-state index contributed by atoms with van der Waals surface area (Å²) < 4.78 is 64.9. The fraction of sp³-hybridized carbons (Fsp3) is 0.891. The quantitative estimate of drug-likeness (QED) is 0.0626. The number of nitriles is 1. The lowest BCUT2D eigenvalue weighted by molar-refractivity contribution is -0.122. The average molecular weight is 1100 g/mol. The molecule has 5 rings (SSSR count). The van der Waals surface area contributed by atoms with E-state index in [9.17, 15) is 50.7 Å². The van der Waals surface area contributed by atoms with Gasteiger partial charge in [-0.15, -0.1) is 0 Å². The highest BCUT2D eigenvalue weighted by atomic mass is 19.1. The van der Waals surface area contributed by atoms with E-state index < -0.39 is 13.3 Å². The fourth-order valence-electron chi connectivity index (χ4n) is 12.7. The summed E-state index contributed by atoms with van der Waals surface area (Å²) in [6.07, 6.45) is 36.2. The van der Waals surface area contributed by atoms with Gasteiger partial charge in [-0.3, -0.25) is 45.9 Å². The number of Topliss-reactive ketones (excluding diaryl/α,β-unsaturated/α-hetero) is 6. The van der Waals surface area contributed by atoms with Gasteiger partial charge in [0.1, 0.15) is 34.7 Å². The largest absolute Gasteiger partial charge is 0.381 e. The van der Waals surface area contributed by atoms with Crippen molar-refractivity contribution in [1.82, 2.24) is 0 Å². The molecule has 5 aliphatic carbocycles. The van der Waals surface area contributed by atoms with Crippen LogP contribution in [0.1, 0.15) is 271 Å². The first-order valence-corrected chi connectivity index (χ1v) is 31.1. The normalized spacial score (nSPS) is 24.3. The van der Waals surface area contributed by atoms with Crippen molar-refractivity contribution >= 4 is 34.7 Å². The molecular weight excluding hydrogens is 990 g/mol. The molecule has 5 aliphatic rings. The lowest BCUT2D eigenvalue weighted by atomic mass is 9.74. The van der Waals surface area contributed by atoms with Crippen LogP contribution in [0.4, 0.5) is 22.0 Å². The molecule has 0 aromatic rings. The van der Waals surface area contributed by atoms with Gasteiger partial charge in [0.2, 0.25) is 0 Å². The van der Waals surface area contributed by atoms with Crippen molar-refractivity contribution in [2.75, 3.05) is 40.5 Å².